The van der Waals surface area contributed by atoms with Crippen molar-refractivity contribution in [2.24, 2.45) is 47.3 Å². The Kier molecular flexibility index (Phi) is 9.37. The summed E-state index contributed by atoms with van der Waals surface area (Å²) in [5.74, 6) is -14.4. The summed E-state index contributed by atoms with van der Waals surface area (Å²) in [6.45, 7) is 7.68. The van der Waals surface area contributed by atoms with Crippen LogP contribution in [0.15, 0.2) is 0 Å². The van der Waals surface area contributed by atoms with Crippen molar-refractivity contribution in [2.75, 3.05) is 19.8 Å². The average Bonchev–Trinajstić information content (AvgIpc) is 3.46. The van der Waals surface area contributed by atoms with E-state index in [0.29, 0.717) is 51.4 Å². The van der Waals surface area contributed by atoms with E-state index in [4.69, 9.17) is 48.0 Å². The van der Waals surface area contributed by atoms with E-state index in [1.807, 2.05) is 13.8 Å². The van der Waals surface area contributed by atoms with Crippen molar-refractivity contribution in [3.8, 4) is 0 Å². The molecule has 16 atom stereocenters. The van der Waals surface area contributed by atoms with E-state index in [9.17, 15) is 4.79 Å². The summed E-state index contributed by atoms with van der Waals surface area (Å²) in [5, 5.41) is 2.34. The lowest BCUT2D eigenvalue weighted by Crippen LogP contribution is -2.76. The van der Waals surface area contributed by atoms with Crippen LogP contribution in [0.3, 0.4) is 0 Å². The summed E-state index contributed by atoms with van der Waals surface area (Å²) < 4.78 is 126. The Morgan fingerprint density at radius 2 is 1.07 bits per heavy atom. The molecular formula is C36H51F6NO11. The van der Waals surface area contributed by atoms with E-state index < -0.39 is 109 Å². The Hall–Kier alpha value is -1.35. The third kappa shape index (κ3) is 5.50. The molecule has 0 aromatic heterocycles. The molecule has 2 aliphatic carbocycles. The van der Waals surface area contributed by atoms with Crippen molar-refractivity contribution in [1.82, 2.24) is 5.32 Å². The van der Waals surface area contributed by atoms with Gasteiger partial charge in [0.05, 0.1) is 6.61 Å². The molecule has 12 nitrogen and oxygen atoms in total. The van der Waals surface area contributed by atoms with Crippen LogP contribution in [0, 0.1) is 47.3 Å². The third-order valence-corrected chi connectivity index (χ3v) is 14.5. The highest BCUT2D eigenvalue weighted by atomic mass is 19.4. The lowest BCUT2D eigenvalue weighted by atomic mass is 9.57. The maximum atomic E-state index is 15.2. The van der Waals surface area contributed by atoms with E-state index in [2.05, 4.69) is 5.32 Å². The number of carbonyl (C=O) groups excluding carboxylic acids is 1. The predicted octanol–water partition coefficient (Wildman–Crippen LogP) is 6.42. The zero-order valence-electron chi connectivity index (χ0n) is 31.3. The van der Waals surface area contributed by atoms with E-state index in [-0.39, 0.29) is 23.7 Å². The first kappa shape index (κ1) is 39.5. The monoisotopic (exact) mass is 787 g/mol. The summed E-state index contributed by atoms with van der Waals surface area (Å²) in [6, 6.07) is 0. The number of alkyl halides is 6. The highest BCUT2D eigenvalue weighted by Crippen LogP contribution is 2.66. The zero-order chi connectivity index (χ0) is 38.9. The minimum Gasteiger partial charge on any atom is -0.352 e. The number of ether oxygens (including phenoxy) is 6. The van der Waals surface area contributed by atoms with E-state index in [1.165, 1.54) is 13.8 Å². The molecule has 2 spiro atoms. The molecule has 10 rings (SSSR count). The van der Waals surface area contributed by atoms with Crippen LogP contribution in [0.4, 0.5) is 26.3 Å². The molecule has 0 radical (unpaired) electrons. The number of hydrogen-bond acceptors (Lipinski definition) is 11. The largest absolute Gasteiger partial charge is 0.443 e. The van der Waals surface area contributed by atoms with Gasteiger partial charge in [0.2, 0.25) is 17.5 Å². The van der Waals surface area contributed by atoms with Gasteiger partial charge in [-0.25, -0.2) is 19.6 Å². The molecule has 1 N–H and O–H groups in total. The zero-order valence-corrected chi connectivity index (χ0v) is 31.3. The highest BCUT2D eigenvalue weighted by Gasteiger charge is 2.79. The van der Waals surface area contributed by atoms with Crippen molar-refractivity contribution in [1.29, 1.82) is 0 Å². The van der Waals surface area contributed by atoms with Gasteiger partial charge in [-0.3, -0.25) is 4.79 Å². The minimum absolute atomic E-state index is 0.0998. The molecule has 1 amide bonds. The fourth-order valence-electron chi connectivity index (χ4n) is 11.6. The average molecular weight is 788 g/mol. The summed E-state index contributed by atoms with van der Waals surface area (Å²) >= 11 is 0. The van der Waals surface area contributed by atoms with Crippen LogP contribution in [0.25, 0.3) is 0 Å². The van der Waals surface area contributed by atoms with Crippen molar-refractivity contribution in [3.63, 3.8) is 0 Å². The molecule has 4 bridgehead atoms. The molecule has 54 heavy (non-hydrogen) atoms. The van der Waals surface area contributed by atoms with Gasteiger partial charge in [-0.1, -0.05) is 27.7 Å². The van der Waals surface area contributed by atoms with Gasteiger partial charge in [-0.15, -0.1) is 0 Å². The van der Waals surface area contributed by atoms with Gasteiger partial charge in [-0.2, -0.15) is 26.3 Å². The normalized spacial score (nSPS) is 52.5. The van der Waals surface area contributed by atoms with E-state index in [1.54, 1.807) is 13.8 Å². The summed E-state index contributed by atoms with van der Waals surface area (Å²) in [4.78, 5) is 36.4. The first-order valence-electron chi connectivity index (χ1n) is 19.3. The summed E-state index contributed by atoms with van der Waals surface area (Å²) in [6.07, 6.45) is -9.09. The molecule has 308 valence electrons. The smallest absolute Gasteiger partial charge is 0.352 e. The number of amides is 1. The molecule has 8 saturated heterocycles. The Labute approximate surface area is 309 Å². The Balaban J connectivity index is 0.959. The van der Waals surface area contributed by atoms with E-state index in [0.717, 1.165) is 0 Å². The number of hydrogen-bond donors (Lipinski definition) is 1. The number of nitrogens with one attached hydrogen (secondary N) is 1. The summed E-state index contributed by atoms with van der Waals surface area (Å²) in [5.41, 5.74) is -2.59. The SMILES string of the molecule is C[C@@H]1CC[C@H]2[C@@H](C)[C@](OCCNC(=O)CO[C@@]3(C(F)(F)F)O[C@@H]4O[C@@]5(C)CC[C@H]6[C@H](C)CC[C@@H]([C@H]3C)[C@@]46OO5)(C(F)(F)F)O[C@@H]3O[C@@]4(C)CC[C@@H]1[C@]32OO4. The lowest BCUT2D eigenvalue weighted by Gasteiger charge is -2.62. The summed E-state index contributed by atoms with van der Waals surface area (Å²) in [7, 11) is 0. The number of rotatable bonds is 7. The molecule has 10 fully saturated rings. The van der Waals surface area contributed by atoms with Gasteiger partial charge in [0.15, 0.2) is 23.8 Å². The molecule has 8 aliphatic heterocycles. The molecular weight excluding hydrogens is 736 g/mol. The fraction of sp³-hybridized carbons (Fsp3) is 0.972. The maximum Gasteiger partial charge on any atom is 0.443 e. The Morgan fingerprint density at radius 3 is 1.52 bits per heavy atom. The van der Waals surface area contributed by atoms with Gasteiger partial charge in [0.1, 0.15) is 6.61 Å². The highest BCUT2D eigenvalue weighted by molar-refractivity contribution is 5.77. The molecule has 8 heterocycles. The molecule has 2 saturated carbocycles. The predicted molar refractivity (Wildman–Crippen MR) is 169 cm³/mol. The van der Waals surface area contributed by atoms with Gasteiger partial charge in [-0.05, 0) is 76.0 Å². The lowest BCUT2D eigenvalue weighted by molar-refractivity contribution is -0.598. The second-order valence-corrected chi connectivity index (χ2v) is 17.5. The standard InChI is InChI=1S/C36H51F6NO11/c1-18-7-9-24-20(3)33(35(37,38)39,49-27-31(24)22(18)11-13-29(5,47-27)51-53-31)45-16-15-43-26(44)17-46-34(36(40,41)42)21(4)25-10-8-19(2)23-12-14-30(6)48-28(50-34)32(23,25)54-52-30/h18-25,27-28H,7-17H2,1-6H3,(H,43,44)/t18-,19-,20-,21-,22+,23+,24+,25+,27+,28+,29-,30-,31-,32-,33-,34-/m1/s1. The quantitative estimate of drug-likeness (QED) is 0.175. The maximum absolute atomic E-state index is 15.2. The second kappa shape index (κ2) is 12.8. The van der Waals surface area contributed by atoms with Crippen molar-refractivity contribution >= 4 is 5.91 Å². The third-order valence-electron chi connectivity index (χ3n) is 14.5. The first-order chi connectivity index (χ1) is 25.2. The first-order valence-corrected chi connectivity index (χ1v) is 19.3. The van der Waals surface area contributed by atoms with Crippen LogP contribution in [0.1, 0.15) is 92.9 Å². The Morgan fingerprint density at radius 1 is 0.630 bits per heavy atom. The van der Waals surface area contributed by atoms with Gasteiger partial charge >= 0.3 is 12.4 Å². The minimum atomic E-state index is -5.11. The molecule has 0 unspecified atom stereocenters. The van der Waals surface area contributed by atoms with E-state index >= 15 is 26.3 Å². The topological polar surface area (TPSA) is 121 Å². The van der Waals surface area contributed by atoms with Crippen molar-refractivity contribution in [3.05, 3.63) is 0 Å². The van der Waals surface area contributed by atoms with Crippen LogP contribution in [0.5, 0.6) is 0 Å². The fourth-order valence-corrected chi connectivity index (χ4v) is 11.6. The Bertz CT molecular complexity index is 1470. The molecule has 0 aromatic carbocycles. The van der Waals surface area contributed by atoms with Gasteiger partial charge < -0.3 is 33.7 Å². The molecule has 10 aliphatic rings. The van der Waals surface area contributed by atoms with Gasteiger partial charge in [0, 0.05) is 43.1 Å². The van der Waals surface area contributed by atoms with Gasteiger partial charge in [0.25, 0.3) is 11.6 Å². The number of halogens is 6. The second-order valence-electron chi connectivity index (χ2n) is 17.5. The van der Waals surface area contributed by atoms with Crippen LogP contribution in [0.2, 0.25) is 0 Å². The number of fused-ring (bicyclic) bond motifs is 4. The van der Waals surface area contributed by atoms with Crippen LogP contribution < -0.4 is 5.32 Å². The molecule has 0 aromatic rings. The van der Waals surface area contributed by atoms with Crippen LogP contribution >= 0.6 is 0 Å². The van der Waals surface area contributed by atoms with Crippen LogP contribution in [-0.2, 0) is 52.8 Å². The van der Waals surface area contributed by atoms with Crippen molar-refractivity contribution < 1.29 is 79.1 Å². The molecule has 18 heteroatoms. The van der Waals surface area contributed by atoms with Crippen LogP contribution in [-0.4, -0.2) is 84.9 Å². The number of carbonyl (C=O) groups is 1. The van der Waals surface area contributed by atoms with Crippen molar-refractivity contribution in [2.45, 2.75) is 152 Å².